The molecule has 0 aromatic heterocycles. The molecular formula is C27H20F3NO8. The summed E-state index contributed by atoms with van der Waals surface area (Å²) in [5.74, 6) is -14.1. The minimum atomic E-state index is -4.61. The van der Waals surface area contributed by atoms with Gasteiger partial charge in [-0.1, -0.05) is 30.3 Å². The van der Waals surface area contributed by atoms with Crippen LogP contribution in [0.15, 0.2) is 42.5 Å². The molecule has 39 heavy (non-hydrogen) atoms. The number of primary amides is 1. The number of ketones is 4. The number of rotatable bonds is 2. The lowest BCUT2D eigenvalue weighted by Gasteiger charge is -2.51. The van der Waals surface area contributed by atoms with E-state index in [1.165, 1.54) is 18.2 Å². The second kappa shape index (κ2) is 8.68. The summed E-state index contributed by atoms with van der Waals surface area (Å²) in [5.41, 5.74) is 1.09. The van der Waals surface area contributed by atoms with Gasteiger partial charge >= 0.3 is 6.18 Å². The predicted molar refractivity (Wildman–Crippen MR) is 126 cm³/mol. The first-order valence-electron chi connectivity index (χ1n) is 11.8. The van der Waals surface area contributed by atoms with Crippen molar-refractivity contribution in [2.75, 3.05) is 0 Å². The third-order valence-corrected chi connectivity index (χ3v) is 7.80. The summed E-state index contributed by atoms with van der Waals surface area (Å²) in [6.07, 6.45) is -5.92. The van der Waals surface area contributed by atoms with E-state index < -0.39 is 88.3 Å². The molecule has 0 saturated heterocycles. The number of alkyl halides is 3. The molecule has 0 bridgehead atoms. The van der Waals surface area contributed by atoms with Crippen molar-refractivity contribution in [3.63, 3.8) is 0 Å². The van der Waals surface area contributed by atoms with Gasteiger partial charge in [0.15, 0.2) is 34.7 Å². The molecule has 0 aliphatic heterocycles. The highest BCUT2D eigenvalue weighted by Gasteiger charge is 2.69. The summed E-state index contributed by atoms with van der Waals surface area (Å²) in [5, 5.41) is 33.2. The first-order chi connectivity index (χ1) is 18.2. The molecule has 0 radical (unpaired) electrons. The lowest BCUT2D eigenvalue weighted by molar-refractivity contribution is -0.185. The summed E-state index contributed by atoms with van der Waals surface area (Å²) in [6, 6.07) is 7.81. The Bertz CT molecular complexity index is 1500. The van der Waals surface area contributed by atoms with Gasteiger partial charge in [-0.3, -0.25) is 24.0 Å². The number of carbonyl (C=O) groups is 5. The minimum absolute atomic E-state index is 0.0603. The first-order valence-corrected chi connectivity index (χ1v) is 11.8. The summed E-state index contributed by atoms with van der Waals surface area (Å²) < 4.78 is 39.2. The van der Waals surface area contributed by atoms with E-state index in [1.54, 1.807) is 0 Å². The largest absolute Gasteiger partial charge is 0.507 e. The Morgan fingerprint density at radius 2 is 1.67 bits per heavy atom. The van der Waals surface area contributed by atoms with Crippen molar-refractivity contribution in [1.29, 1.82) is 0 Å². The van der Waals surface area contributed by atoms with Crippen LogP contribution >= 0.6 is 0 Å². The smallest absolute Gasteiger partial charge is 0.416 e. The molecule has 202 valence electrons. The van der Waals surface area contributed by atoms with Crippen LogP contribution in [0.5, 0.6) is 5.75 Å². The topological polar surface area (TPSA) is 172 Å². The van der Waals surface area contributed by atoms with Crippen LogP contribution in [0.1, 0.15) is 33.5 Å². The third kappa shape index (κ3) is 3.73. The Labute approximate surface area is 217 Å². The SMILES string of the molecule is NC(=O)C1C(=O)CC2C(O)C3C(=Cc4ccc(C(F)(F)F)cc4)c4cccc(O)c4C(=O)C3C(=O)C2(O)C1=O. The van der Waals surface area contributed by atoms with Crippen molar-refractivity contribution in [2.45, 2.75) is 24.3 Å². The second-order valence-electron chi connectivity index (χ2n) is 9.88. The number of phenols is 1. The summed E-state index contributed by atoms with van der Waals surface area (Å²) in [7, 11) is 0. The number of hydrogen-bond donors (Lipinski definition) is 4. The molecule has 2 aromatic carbocycles. The molecule has 2 aromatic rings. The molecule has 2 saturated carbocycles. The van der Waals surface area contributed by atoms with Gasteiger partial charge in [0.05, 0.1) is 23.1 Å². The molecule has 9 nitrogen and oxygen atoms in total. The number of benzene rings is 2. The van der Waals surface area contributed by atoms with Gasteiger partial charge in [0.2, 0.25) is 5.91 Å². The average molecular weight is 543 g/mol. The number of nitrogens with two attached hydrogens (primary N) is 1. The van der Waals surface area contributed by atoms with Crippen LogP contribution in [-0.4, -0.2) is 56.1 Å². The van der Waals surface area contributed by atoms with Crippen LogP contribution in [0.3, 0.4) is 0 Å². The van der Waals surface area contributed by atoms with E-state index >= 15 is 0 Å². The molecule has 5 rings (SSSR count). The molecule has 5 N–H and O–H groups in total. The number of carbonyl (C=O) groups excluding carboxylic acids is 5. The van der Waals surface area contributed by atoms with Crippen molar-refractivity contribution in [2.24, 2.45) is 29.4 Å². The molecule has 12 heteroatoms. The number of aromatic hydroxyl groups is 1. The molecule has 3 aliphatic rings. The van der Waals surface area contributed by atoms with Crippen molar-refractivity contribution in [1.82, 2.24) is 0 Å². The Hall–Kier alpha value is -4.16. The first kappa shape index (κ1) is 26.4. The zero-order valence-corrected chi connectivity index (χ0v) is 19.8. The van der Waals surface area contributed by atoms with Crippen LogP contribution < -0.4 is 5.73 Å². The van der Waals surface area contributed by atoms with E-state index in [4.69, 9.17) is 5.73 Å². The molecule has 1 amide bonds. The zero-order valence-electron chi connectivity index (χ0n) is 19.8. The van der Waals surface area contributed by atoms with Crippen LogP contribution in [-0.2, 0) is 25.4 Å². The van der Waals surface area contributed by atoms with Gasteiger partial charge in [-0.2, -0.15) is 13.2 Å². The minimum Gasteiger partial charge on any atom is -0.507 e. The molecule has 2 fully saturated rings. The van der Waals surface area contributed by atoms with Gasteiger partial charge < -0.3 is 21.1 Å². The third-order valence-electron chi connectivity index (χ3n) is 7.80. The number of Topliss-reactive ketones (excluding diaryl/α,β-unsaturated/α-hetero) is 4. The molecule has 6 unspecified atom stereocenters. The Kier molecular flexibility index (Phi) is 5.89. The molecule has 3 aliphatic carbocycles. The number of aliphatic hydroxyl groups excluding tert-OH is 1. The van der Waals surface area contributed by atoms with Crippen LogP contribution in [0.2, 0.25) is 0 Å². The maximum absolute atomic E-state index is 13.7. The fourth-order valence-electron chi connectivity index (χ4n) is 5.98. The predicted octanol–water partition coefficient (Wildman–Crippen LogP) is 1.31. The maximum atomic E-state index is 13.7. The van der Waals surface area contributed by atoms with Gasteiger partial charge in [-0.15, -0.1) is 0 Å². The number of fused-ring (bicyclic) bond motifs is 3. The lowest BCUT2D eigenvalue weighted by Crippen LogP contribution is -2.72. The number of hydrogen-bond acceptors (Lipinski definition) is 8. The van der Waals surface area contributed by atoms with Crippen molar-refractivity contribution >= 4 is 40.7 Å². The summed E-state index contributed by atoms with van der Waals surface area (Å²) in [6.45, 7) is 0. The quantitative estimate of drug-likeness (QED) is 0.411. The van der Waals surface area contributed by atoms with E-state index in [1.807, 2.05) is 0 Å². The number of halogens is 3. The van der Waals surface area contributed by atoms with Gasteiger partial charge in [-0.25, -0.2) is 0 Å². The molecule has 0 heterocycles. The Morgan fingerprint density at radius 1 is 1.03 bits per heavy atom. The Balaban J connectivity index is 1.71. The highest BCUT2D eigenvalue weighted by Crippen LogP contribution is 2.54. The number of aliphatic hydroxyl groups is 2. The van der Waals surface area contributed by atoms with Crippen LogP contribution in [0.25, 0.3) is 11.6 Å². The van der Waals surface area contributed by atoms with Gasteiger partial charge in [0.25, 0.3) is 0 Å². The van der Waals surface area contributed by atoms with Gasteiger partial charge in [0, 0.05) is 18.3 Å². The van der Waals surface area contributed by atoms with Gasteiger partial charge in [-0.05, 0) is 34.9 Å². The maximum Gasteiger partial charge on any atom is 0.416 e. The molecule has 6 atom stereocenters. The summed E-state index contributed by atoms with van der Waals surface area (Å²) >= 11 is 0. The van der Waals surface area contributed by atoms with E-state index in [0.717, 1.165) is 30.3 Å². The second-order valence-corrected chi connectivity index (χ2v) is 9.88. The highest BCUT2D eigenvalue weighted by atomic mass is 19.4. The van der Waals surface area contributed by atoms with E-state index in [2.05, 4.69) is 0 Å². The molecule has 0 spiro atoms. The fraction of sp³-hybridized carbons (Fsp3) is 0.296. The standard InChI is InChI=1S/C27H20F3NO8/c28-27(29,30)11-6-4-10(5-7-11)8-13-12-2-1-3-15(32)17(12)22(35)20-18(13)21(34)14-9-16(33)19(25(31)38)23(36)26(14,39)24(20)37/h1-8,14,18-21,32,34,39H,9H2,(H2,31,38). The number of amides is 1. The fourth-order valence-corrected chi connectivity index (χ4v) is 5.98. The monoisotopic (exact) mass is 543 g/mol. The van der Waals surface area contributed by atoms with E-state index in [-0.39, 0.29) is 22.3 Å². The van der Waals surface area contributed by atoms with Gasteiger partial charge in [0.1, 0.15) is 5.75 Å². The lowest BCUT2D eigenvalue weighted by atomic mass is 9.51. The van der Waals surface area contributed by atoms with Crippen LogP contribution in [0.4, 0.5) is 13.2 Å². The normalized spacial score (nSPS) is 31.5. The van der Waals surface area contributed by atoms with Crippen molar-refractivity contribution < 1.29 is 52.5 Å². The zero-order chi connectivity index (χ0) is 28.6. The highest BCUT2D eigenvalue weighted by molar-refractivity contribution is 6.32. The summed E-state index contributed by atoms with van der Waals surface area (Å²) in [4.78, 5) is 64.8. The van der Waals surface area contributed by atoms with Crippen LogP contribution in [0, 0.1) is 23.7 Å². The average Bonchev–Trinajstić information content (AvgIpc) is 2.85. The van der Waals surface area contributed by atoms with Crippen molar-refractivity contribution in [3.05, 3.63) is 64.7 Å². The van der Waals surface area contributed by atoms with E-state index in [9.17, 15) is 52.5 Å². The number of phenolic OH excluding ortho intramolecular Hbond substituents is 1. The van der Waals surface area contributed by atoms with E-state index in [0.29, 0.717) is 0 Å². The van der Waals surface area contributed by atoms with Crippen molar-refractivity contribution in [3.8, 4) is 5.75 Å². The Morgan fingerprint density at radius 3 is 2.26 bits per heavy atom. The molecular weight excluding hydrogens is 523 g/mol.